The summed E-state index contributed by atoms with van der Waals surface area (Å²) < 4.78 is 0. The lowest BCUT2D eigenvalue weighted by Gasteiger charge is -2.13. The molecule has 1 heterocycles. The molecule has 1 aromatic heterocycles. The molecule has 1 aromatic carbocycles. The van der Waals surface area contributed by atoms with Crippen molar-refractivity contribution in [2.24, 2.45) is 5.84 Å². The zero-order valence-corrected chi connectivity index (χ0v) is 11.3. The Kier molecular flexibility index (Phi) is 4.30. The molecule has 0 spiro atoms. The van der Waals surface area contributed by atoms with Gasteiger partial charge in [-0.3, -0.25) is 0 Å². The van der Waals surface area contributed by atoms with Crippen LogP contribution in [0.15, 0.2) is 30.6 Å². The van der Waals surface area contributed by atoms with Gasteiger partial charge in [0, 0.05) is 11.3 Å². The third-order valence-electron chi connectivity index (χ3n) is 3.03. The summed E-state index contributed by atoms with van der Waals surface area (Å²) in [5.74, 6) is 6.92. The van der Waals surface area contributed by atoms with Crippen LogP contribution in [0, 0.1) is 0 Å². The van der Waals surface area contributed by atoms with E-state index < -0.39 is 0 Å². The van der Waals surface area contributed by atoms with Crippen molar-refractivity contribution in [3.63, 3.8) is 0 Å². The topological polar surface area (TPSA) is 75.9 Å². The summed E-state index contributed by atoms with van der Waals surface area (Å²) in [5.41, 5.74) is 5.89. The SMILES string of the molecule is CCc1cccc(Nc2ncnc(NN)c2CC)c1. The molecule has 100 valence electrons. The molecule has 5 nitrogen and oxygen atoms in total. The van der Waals surface area contributed by atoms with Crippen molar-refractivity contribution in [2.45, 2.75) is 26.7 Å². The third kappa shape index (κ3) is 3.00. The second-order valence-corrected chi connectivity index (χ2v) is 4.23. The molecule has 0 unspecified atom stereocenters. The van der Waals surface area contributed by atoms with E-state index in [0.717, 1.165) is 29.9 Å². The number of aryl methyl sites for hydroxylation is 1. The molecule has 2 aromatic rings. The highest BCUT2D eigenvalue weighted by Gasteiger charge is 2.09. The molecule has 0 aliphatic rings. The van der Waals surface area contributed by atoms with E-state index >= 15 is 0 Å². The highest BCUT2D eigenvalue weighted by atomic mass is 15.3. The Morgan fingerprint density at radius 1 is 1.11 bits per heavy atom. The van der Waals surface area contributed by atoms with Gasteiger partial charge in [0.25, 0.3) is 0 Å². The van der Waals surface area contributed by atoms with Gasteiger partial charge < -0.3 is 10.7 Å². The van der Waals surface area contributed by atoms with E-state index in [9.17, 15) is 0 Å². The maximum Gasteiger partial charge on any atom is 0.148 e. The normalized spacial score (nSPS) is 10.3. The molecular formula is C14H19N5. The Hall–Kier alpha value is -2.14. The molecule has 0 radical (unpaired) electrons. The van der Waals surface area contributed by atoms with Gasteiger partial charge in [-0.15, -0.1) is 0 Å². The second kappa shape index (κ2) is 6.15. The van der Waals surface area contributed by atoms with E-state index in [1.54, 1.807) is 0 Å². The Labute approximate surface area is 113 Å². The molecule has 0 amide bonds. The first-order chi connectivity index (χ1) is 9.28. The van der Waals surface area contributed by atoms with Gasteiger partial charge in [0.2, 0.25) is 0 Å². The van der Waals surface area contributed by atoms with Crippen LogP contribution in [0.4, 0.5) is 17.3 Å². The molecule has 0 atom stereocenters. The highest BCUT2D eigenvalue weighted by molar-refractivity contribution is 5.64. The maximum absolute atomic E-state index is 5.47. The summed E-state index contributed by atoms with van der Waals surface area (Å²) >= 11 is 0. The average molecular weight is 257 g/mol. The van der Waals surface area contributed by atoms with Crippen LogP contribution in [0.25, 0.3) is 0 Å². The van der Waals surface area contributed by atoms with Gasteiger partial charge in [-0.05, 0) is 30.5 Å². The summed E-state index contributed by atoms with van der Waals surface area (Å²) in [7, 11) is 0. The Bertz CT molecular complexity index is 553. The highest BCUT2D eigenvalue weighted by Crippen LogP contribution is 2.23. The van der Waals surface area contributed by atoms with Gasteiger partial charge in [0.05, 0.1) is 0 Å². The van der Waals surface area contributed by atoms with Crippen molar-refractivity contribution in [1.29, 1.82) is 0 Å². The minimum absolute atomic E-state index is 0.659. The first kappa shape index (κ1) is 13.3. The summed E-state index contributed by atoms with van der Waals surface area (Å²) in [6.07, 6.45) is 3.31. The van der Waals surface area contributed by atoms with Crippen LogP contribution in [-0.4, -0.2) is 9.97 Å². The van der Waals surface area contributed by atoms with E-state index in [0.29, 0.717) is 5.82 Å². The largest absolute Gasteiger partial charge is 0.340 e. The lowest BCUT2D eigenvalue weighted by atomic mass is 10.1. The minimum atomic E-state index is 0.659. The number of aromatic nitrogens is 2. The predicted molar refractivity (Wildman–Crippen MR) is 78.3 cm³/mol. The van der Waals surface area contributed by atoms with Crippen LogP contribution in [0.3, 0.4) is 0 Å². The fourth-order valence-electron chi connectivity index (χ4n) is 1.99. The first-order valence-electron chi connectivity index (χ1n) is 6.44. The number of hydrogen-bond donors (Lipinski definition) is 3. The van der Waals surface area contributed by atoms with Crippen LogP contribution in [0.5, 0.6) is 0 Å². The van der Waals surface area contributed by atoms with Crippen molar-refractivity contribution < 1.29 is 0 Å². The van der Waals surface area contributed by atoms with E-state index in [1.807, 2.05) is 19.1 Å². The van der Waals surface area contributed by atoms with Gasteiger partial charge >= 0.3 is 0 Å². The first-order valence-corrected chi connectivity index (χ1v) is 6.44. The molecule has 0 saturated heterocycles. The Morgan fingerprint density at radius 3 is 2.58 bits per heavy atom. The van der Waals surface area contributed by atoms with Crippen molar-refractivity contribution in [1.82, 2.24) is 9.97 Å². The van der Waals surface area contributed by atoms with Crippen LogP contribution in [0.1, 0.15) is 25.0 Å². The Morgan fingerprint density at radius 2 is 1.89 bits per heavy atom. The zero-order chi connectivity index (χ0) is 13.7. The molecule has 2 rings (SSSR count). The average Bonchev–Trinajstić information content (AvgIpc) is 2.47. The lowest BCUT2D eigenvalue weighted by Crippen LogP contribution is -2.13. The number of rotatable bonds is 5. The molecular weight excluding hydrogens is 238 g/mol. The molecule has 0 fully saturated rings. The fraction of sp³-hybridized carbons (Fsp3) is 0.286. The number of benzene rings is 1. The van der Waals surface area contributed by atoms with Gasteiger partial charge in [-0.1, -0.05) is 26.0 Å². The zero-order valence-electron chi connectivity index (χ0n) is 11.3. The fourth-order valence-corrected chi connectivity index (χ4v) is 1.99. The smallest absolute Gasteiger partial charge is 0.148 e. The van der Waals surface area contributed by atoms with Crippen molar-refractivity contribution in [3.8, 4) is 0 Å². The lowest BCUT2D eigenvalue weighted by molar-refractivity contribution is 1.04. The van der Waals surface area contributed by atoms with Crippen LogP contribution >= 0.6 is 0 Å². The van der Waals surface area contributed by atoms with Gasteiger partial charge in [-0.25, -0.2) is 15.8 Å². The number of anilines is 3. The number of hydrogen-bond acceptors (Lipinski definition) is 5. The Balaban J connectivity index is 2.32. The third-order valence-corrected chi connectivity index (χ3v) is 3.03. The molecule has 0 saturated carbocycles. The van der Waals surface area contributed by atoms with Crippen molar-refractivity contribution in [3.05, 3.63) is 41.7 Å². The van der Waals surface area contributed by atoms with Crippen LogP contribution in [0.2, 0.25) is 0 Å². The molecule has 4 N–H and O–H groups in total. The predicted octanol–water partition coefficient (Wildman–Crippen LogP) is 2.63. The molecule has 5 heteroatoms. The summed E-state index contributed by atoms with van der Waals surface area (Å²) in [6.45, 7) is 4.19. The van der Waals surface area contributed by atoms with Crippen molar-refractivity contribution in [2.75, 3.05) is 10.7 Å². The standard InChI is InChI=1S/C14H19N5/c1-3-10-6-5-7-11(8-10)18-13-12(4-2)14(19-15)17-9-16-13/h5-9H,3-4,15H2,1-2H3,(H2,16,17,18,19). The summed E-state index contributed by atoms with van der Waals surface area (Å²) in [5, 5.41) is 3.33. The van der Waals surface area contributed by atoms with Crippen LogP contribution < -0.4 is 16.6 Å². The number of hydrazine groups is 1. The molecule has 0 aliphatic carbocycles. The maximum atomic E-state index is 5.47. The van der Waals surface area contributed by atoms with E-state index in [1.165, 1.54) is 11.9 Å². The van der Waals surface area contributed by atoms with E-state index in [4.69, 9.17) is 5.84 Å². The molecule has 19 heavy (non-hydrogen) atoms. The number of nitrogens with two attached hydrogens (primary N) is 1. The molecule has 0 bridgehead atoms. The van der Waals surface area contributed by atoms with Gasteiger partial charge in [0.1, 0.15) is 18.0 Å². The van der Waals surface area contributed by atoms with Crippen molar-refractivity contribution >= 4 is 17.3 Å². The number of nitrogens with one attached hydrogen (secondary N) is 2. The van der Waals surface area contributed by atoms with E-state index in [-0.39, 0.29) is 0 Å². The number of nitrogens with zero attached hydrogens (tertiary/aromatic N) is 2. The second-order valence-electron chi connectivity index (χ2n) is 4.23. The van der Waals surface area contributed by atoms with Crippen LogP contribution in [-0.2, 0) is 12.8 Å². The summed E-state index contributed by atoms with van der Waals surface area (Å²) in [4.78, 5) is 8.41. The van der Waals surface area contributed by atoms with E-state index in [2.05, 4.69) is 39.8 Å². The quantitative estimate of drug-likeness (QED) is 0.567. The summed E-state index contributed by atoms with van der Waals surface area (Å²) in [6, 6.07) is 8.29. The molecule has 0 aliphatic heterocycles. The minimum Gasteiger partial charge on any atom is -0.340 e. The van der Waals surface area contributed by atoms with Gasteiger partial charge in [0.15, 0.2) is 0 Å². The monoisotopic (exact) mass is 257 g/mol. The van der Waals surface area contributed by atoms with Gasteiger partial charge in [-0.2, -0.15) is 0 Å². The number of nitrogen functional groups attached to an aromatic ring is 1.